The molecule has 0 aromatic carbocycles. The molecule has 7 heteroatoms. The van der Waals surface area contributed by atoms with Crippen molar-refractivity contribution in [3.8, 4) is 0 Å². The number of hydrogen-bond acceptors (Lipinski definition) is 5. The maximum Gasteiger partial charge on any atom is 0.251 e. The lowest BCUT2D eigenvalue weighted by Crippen LogP contribution is -2.24. The number of hydrogen-bond donors (Lipinski definition) is 2. The van der Waals surface area contributed by atoms with Gasteiger partial charge >= 0.3 is 0 Å². The summed E-state index contributed by atoms with van der Waals surface area (Å²) >= 11 is 0. The standard InChI is InChI=1S/C8H13F2N5/c1-15(5-7(9)10)4-6-2-13-8(14-11)3-12-6/h2-3,7H,4-5,11H2,1H3,(H,13,14). The number of nitrogen functional groups attached to an aromatic ring is 1. The maximum absolute atomic E-state index is 12.0. The Kier molecular flexibility index (Phi) is 4.32. The van der Waals surface area contributed by atoms with E-state index in [0.29, 0.717) is 18.1 Å². The van der Waals surface area contributed by atoms with E-state index in [9.17, 15) is 8.78 Å². The van der Waals surface area contributed by atoms with Crippen molar-refractivity contribution >= 4 is 5.82 Å². The first-order valence-electron chi connectivity index (χ1n) is 4.36. The van der Waals surface area contributed by atoms with Crippen molar-refractivity contribution < 1.29 is 8.78 Å². The molecule has 1 rings (SSSR count). The third kappa shape index (κ3) is 4.13. The number of halogens is 2. The molecule has 0 aliphatic rings. The molecule has 0 amide bonds. The van der Waals surface area contributed by atoms with Crippen LogP contribution in [0.2, 0.25) is 0 Å². The summed E-state index contributed by atoms with van der Waals surface area (Å²) in [4.78, 5) is 9.40. The highest BCUT2D eigenvalue weighted by atomic mass is 19.3. The van der Waals surface area contributed by atoms with Gasteiger partial charge in [0.25, 0.3) is 6.43 Å². The number of anilines is 1. The average Bonchev–Trinajstić information content (AvgIpc) is 2.17. The summed E-state index contributed by atoms with van der Waals surface area (Å²) in [6.07, 6.45) is 0.607. The summed E-state index contributed by atoms with van der Waals surface area (Å²) in [5.74, 6) is 5.55. The first-order chi connectivity index (χ1) is 7.11. The summed E-state index contributed by atoms with van der Waals surface area (Å²) in [6, 6.07) is 0. The minimum atomic E-state index is -2.34. The average molecular weight is 217 g/mol. The summed E-state index contributed by atoms with van der Waals surface area (Å²) in [5, 5.41) is 0. The van der Waals surface area contributed by atoms with Crippen molar-refractivity contribution in [2.24, 2.45) is 5.84 Å². The van der Waals surface area contributed by atoms with E-state index in [2.05, 4.69) is 15.4 Å². The van der Waals surface area contributed by atoms with Gasteiger partial charge in [0.15, 0.2) is 5.82 Å². The topological polar surface area (TPSA) is 67.1 Å². The van der Waals surface area contributed by atoms with Crippen LogP contribution >= 0.6 is 0 Å². The first kappa shape index (κ1) is 11.7. The third-order valence-corrected chi connectivity index (χ3v) is 1.73. The predicted octanol–water partition coefficient (Wildman–Crippen LogP) is 0.459. The highest BCUT2D eigenvalue weighted by Gasteiger charge is 2.08. The number of nitrogens with zero attached hydrogens (tertiary/aromatic N) is 3. The van der Waals surface area contributed by atoms with E-state index >= 15 is 0 Å². The van der Waals surface area contributed by atoms with Gasteiger partial charge in [0.05, 0.1) is 24.6 Å². The predicted molar refractivity (Wildman–Crippen MR) is 52.2 cm³/mol. The zero-order valence-corrected chi connectivity index (χ0v) is 8.32. The molecule has 0 bridgehead atoms. The van der Waals surface area contributed by atoms with Crippen molar-refractivity contribution in [1.29, 1.82) is 0 Å². The van der Waals surface area contributed by atoms with Gasteiger partial charge in [0.2, 0.25) is 0 Å². The van der Waals surface area contributed by atoms with Gasteiger partial charge in [0.1, 0.15) is 0 Å². The fourth-order valence-electron chi connectivity index (χ4n) is 1.09. The second kappa shape index (κ2) is 5.52. The minimum Gasteiger partial charge on any atom is -0.307 e. The van der Waals surface area contributed by atoms with Crippen molar-refractivity contribution in [1.82, 2.24) is 14.9 Å². The van der Waals surface area contributed by atoms with Crippen LogP contribution in [0.1, 0.15) is 5.69 Å². The second-order valence-corrected chi connectivity index (χ2v) is 3.13. The molecule has 0 fully saturated rings. The highest BCUT2D eigenvalue weighted by Crippen LogP contribution is 2.03. The number of aromatic nitrogens is 2. The van der Waals surface area contributed by atoms with Crippen LogP contribution in [-0.4, -0.2) is 34.9 Å². The van der Waals surface area contributed by atoms with E-state index in [0.717, 1.165) is 0 Å². The molecule has 0 atom stereocenters. The Labute approximate surface area is 86.3 Å². The Morgan fingerprint density at radius 1 is 1.47 bits per heavy atom. The van der Waals surface area contributed by atoms with E-state index in [1.807, 2.05) is 0 Å². The normalized spacial score (nSPS) is 11.1. The van der Waals surface area contributed by atoms with Crippen LogP contribution in [0.4, 0.5) is 14.6 Å². The number of rotatable bonds is 5. The van der Waals surface area contributed by atoms with Gasteiger partial charge in [-0.05, 0) is 7.05 Å². The molecular formula is C8H13F2N5. The smallest absolute Gasteiger partial charge is 0.251 e. The Balaban J connectivity index is 2.49. The maximum atomic E-state index is 12.0. The summed E-state index contributed by atoms with van der Waals surface area (Å²) in [6.45, 7) is 0.0563. The zero-order valence-electron chi connectivity index (χ0n) is 8.32. The molecule has 0 spiro atoms. The van der Waals surface area contributed by atoms with Gasteiger partial charge in [-0.3, -0.25) is 9.88 Å². The molecule has 5 nitrogen and oxygen atoms in total. The number of hydrazine groups is 1. The quantitative estimate of drug-likeness (QED) is 0.554. The van der Waals surface area contributed by atoms with Crippen LogP contribution in [0.25, 0.3) is 0 Å². The molecule has 0 aliphatic carbocycles. The van der Waals surface area contributed by atoms with Gasteiger partial charge in [-0.25, -0.2) is 19.6 Å². The van der Waals surface area contributed by atoms with E-state index in [-0.39, 0.29) is 6.54 Å². The number of alkyl halides is 2. The van der Waals surface area contributed by atoms with Gasteiger partial charge in [0, 0.05) is 6.54 Å². The van der Waals surface area contributed by atoms with Crippen LogP contribution < -0.4 is 11.3 Å². The van der Waals surface area contributed by atoms with Crippen LogP contribution in [0, 0.1) is 0 Å². The van der Waals surface area contributed by atoms with Crippen molar-refractivity contribution in [3.05, 3.63) is 18.1 Å². The van der Waals surface area contributed by atoms with E-state index in [1.165, 1.54) is 17.3 Å². The fourth-order valence-corrected chi connectivity index (χ4v) is 1.09. The fraction of sp³-hybridized carbons (Fsp3) is 0.500. The zero-order chi connectivity index (χ0) is 11.3. The molecule has 0 aliphatic heterocycles. The molecule has 1 aromatic rings. The number of nitrogens with two attached hydrogens (primary N) is 1. The van der Waals surface area contributed by atoms with E-state index in [4.69, 9.17) is 5.84 Å². The molecule has 0 saturated carbocycles. The Bertz CT molecular complexity index is 290. The second-order valence-electron chi connectivity index (χ2n) is 3.13. The molecule has 84 valence electrons. The summed E-state index contributed by atoms with van der Waals surface area (Å²) < 4.78 is 24.0. The van der Waals surface area contributed by atoms with Crippen molar-refractivity contribution in [3.63, 3.8) is 0 Å². The van der Waals surface area contributed by atoms with Crippen LogP contribution in [0.3, 0.4) is 0 Å². The SMILES string of the molecule is CN(Cc1cnc(NN)cn1)CC(F)F. The largest absolute Gasteiger partial charge is 0.307 e. The highest BCUT2D eigenvalue weighted by molar-refractivity contribution is 5.28. The minimum absolute atomic E-state index is 0.279. The van der Waals surface area contributed by atoms with Crippen molar-refractivity contribution in [2.75, 3.05) is 19.0 Å². The molecular weight excluding hydrogens is 204 g/mol. The molecule has 0 unspecified atom stereocenters. The number of nitrogens with one attached hydrogen (secondary N) is 1. The molecule has 15 heavy (non-hydrogen) atoms. The van der Waals surface area contributed by atoms with Gasteiger partial charge < -0.3 is 5.43 Å². The van der Waals surface area contributed by atoms with Gasteiger partial charge in [-0.15, -0.1) is 0 Å². The van der Waals surface area contributed by atoms with Gasteiger partial charge in [-0.1, -0.05) is 0 Å². The van der Waals surface area contributed by atoms with Crippen LogP contribution in [0.15, 0.2) is 12.4 Å². The third-order valence-electron chi connectivity index (χ3n) is 1.73. The summed E-state index contributed by atoms with van der Waals surface area (Å²) in [7, 11) is 1.60. The first-order valence-corrected chi connectivity index (χ1v) is 4.36. The Morgan fingerprint density at radius 2 is 2.20 bits per heavy atom. The molecule has 0 saturated heterocycles. The van der Waals surface area contributed by atoms with Crippen molar-refractivity contribution in [2.45, 2.75) is 13.0 Å². The molecule has 3 N–H and O–H groups in total. The van der Waals surface area contributed by atoms with E-state index < -0.39 is 6.43 Å². The Hall–Kier alpha value is -1.34. The van der Waals surface area contributed by atoms with Crippen LogP contribution in [-0.2, 0) is 6.54 Å². The van der Waals surface area contributed by atoms with Gasteiger partial charge in [-0.2, -0.15) is 0 Å². The lowest BCUT2D eigenvalue weighted by molar-refractivity contribution is 0.0970. The van der Waals surface area contributed by atoms with Crippen LogP contribution in [0.5, 0.6) is 0 Å². The monoisotopic (exact) mass is 217 g/mol. The summed E-state index contributed by atoms with van der Waals surface area (Å²) in [5.41, 5.74) is 2.95. The molecule has 0 radical (unpaired) electrons. The Morgan fingerprint density at radius 3 is 2.67 bits per heavy atom. The molecule has 1 aromatic heterocycles. The lowest BCUT2D eigenvalue weighted by Gasteiger charge is -2.14. The van der Waals surface area contributed by atoms with E-state index in [1.54, 1.807) is 7.05 Å². The molecule has 1 heterocycles. The lowest BCUT2D eigenvalue weighted by atomic mass is 10.4.